The lowest BCUT2D eigenvalue weighted by Gasteiger charge is -2.32. The number of carbonyl (C=O) groups is 2. The molecule has 1 unspecified atom stereocenters. The van der Waals surface area contributed by atoms with Crippen LogP contribution in [0, 0.1) is 5.92 Å². The monoisotopic (exact) mass is 366 g/mol. The van der Waals surface area contributed by atoms with Crippen molar-refractivity contribution in [1.29, 1.82) is 0 Å². The van der Waals surface area contributed by atoms with Gasteiger partial charge in [-0.1, -0.05) is 18.2 Å². The summed E-state index contributed by atoms with van der Waals surface area (Å²) < 4.78 is 5.79. The van der Waals surface area contributed by atoms with Gasteiger partial charge in [0.1, 0.15) is 11.5 Å². The van der Waals surface area contributed by atoms with Crippen molar-refractivity contribution >= 4 is 11.7 Å². The first-order valence-corrected chi connectivity index (χ1v) is 9.46. The number of nitrogens with zero attached hydrogens (tertiary/aromatic N) is 1. The predicted molar refractivity (Wildman–Crippen MR) is 105 cm³/mol. The largest absolute Gasteiger partial charge is 0.457 e. The number of amides is 1. The number of ether oxygens (including phenoxy) is 1. The third-order valence-electron chi connectivity index (χ3n) is 4.80. The first kappa shape index (κ1) is 19.1. The number of Topliss-reactive ketones (excluding diaryl/α,β-unsaturated/α-hetero) is 1. The predicted octanol–water partition coefficient (Wildman–Crippen LogP) is 3.51. The zero-order valence-corrected chi connectivity index (χ0v) is 15.7. The standard InChI is InChI=1S/C22H26N2O3/c1-17(25)23-13-15-24-14-5-6-19(16-24)22(26)18-9-11-21(12-10-18)27-20-7-3-2-4-8-20/h2-4,7-12,19H,5-6,13-16H2,1H3,(H,23,25). The van der Waals surface area contributed by atoms with E-state index < -0.39 is 0 Å². The summed E-state index contributed by atoms with van der Waals surface area (Å²) in [7, 11) is 0. The van der Waals surface area contributed by atoms with E-state index in [4.69, 9.17) is 4.74 Å². The average molecular weight is 366 g/mol. The summed E-state index contributed by atoms with van der Waals surface area (Å²) in [6.07, 6.45) is 1.92. The molecule has 1 aliphatic heterocycles. The number of ketones is 1. The van der Waals surface area contributed by atoms with Crippen molar-refractivity contribution in [3.8, 4) is 11.5 Å². The van der Waals surface area contributed by atoms with Crippen molar-refractivity contribution < 1.29 is 14.3 Å². The molecule has 1 atom stereocenters. The normalized spacial score (nSPS) is 17.3. The highest BCUT2D eigenvalue weighted by atomic mass is 16.5. The molecule has 2 aromatic rings. The Morgan fingerprint density at radius 2 is 1.78 bits per heavy atom. The van der Waals surface area contributed by atoms with Crippen LogP contribution in [0.4, 0.5) is 0 Å². The molecule has 1 heterocycles. The molecule has 0 radical (unpaired) electrons. The second-order valence-corrected chi connectivity index (χ2v) is 6.93. The molecule has 0 bridgehead atoms. The first-order valence-electron chi connectivity index (χ1n) is 9.46. The molecule has 1 fully saturated rings. The van der Waals surface area contributed by atoms with Gasteiger partial charge in [-0.3, -0.25) is 9.59 Å². The lowest BCUT2D eigenvalue weighted by molar-refractivity contribution is -0.119. The number of hydrogen-bond acceptors (Lipinski definition) is 4. The lowest BCUT2D eigenvalue weighted by atomic mass is 9.90. The Kier molecular flexibility index (Phi) is 6.60. The second-order valence-electron chi connectivity index (χ2n) is 6.93. The van der Waals surface area contributed by atoms with Crippen molar-refractivity contribution in [2.45, 2.75) is 19.8 Å². The molecule has 142 valence electrons. The molecular weight excluding hydrogens is 340 g/mol. The maximum atomic E-state index is 12.9. The summed E-state index contributed by atoms with van der Waals surface area (Å²) in [4.78, 5) is 26.1. The molecule has 0 saturated carbocycles. The van der Waals surface area contributed by atoms with E-state index in [0.717, 1.165) is 49.5 Å². The van der Waals surface area contributed by atoms with Gasteiger partial charge in [-0.25, -0.2) is 0 Å². The zero-order valence-electron chi connectivity index (χ0n) is 15.7. The Hall–Kier alpha value is -2.66. The number of likely N-dealkylation sites (tertiary alicyclic amines) is 1. The molecule has 2 aromatic carbocycles. The van der Waals surface area contributed by atoms with Gasteiger partial charge in [-0.05, 0) is 55.8 Å². The van der Waals surface area contributed by atoms with Crippen LogP contribution in [0.15, 0.2) is 54.6 Å². The van der Waals surface area contributed by atoms with Gasteiger partial charge in [0.05, 0.1) is 0 Å². The number of hydrogen-bond donors (Lipinski definition) is 1. The molecular formula is C22H26N2O3. The number of carbonyl (C=O) groups excluding carboxylic acids is 2. The van der Waals surface area contributed by atoms with Crippen LogP contribution in [0.1, 0.15) is 30.1 Å². The zero-order chi connectivity index (χ0) is 19.1. The van der Waals surface area contributed by atoms with Crippen LogP contribution in [-0.2, 0) is 4.79 Å². The van der Waals surface area contributed by atoms with E-state index in [1.54, 1.807) is 0 Å². The number of nitrogens with one attached hydrogen (secondary N) is 1. The third-order valence-corrected chi connectivity index (χ3v) is 4.80. The van der Waals surface area contributed by atoms with E-state index in [0.29, 0.717) is 6.54 Å². The summed E-state index contributed by atoms with van der Waals surface area (Å²) >= 11 is 0. The van der Waals surface area contributed by atoms with Crippen molar-refractivity contribution in [3.05, 3.63) is 60.2 Å². The van der Waals surface area contributed by atoms with Crippen LogP contribution >= 0.6 is 0 Å². The van der Waals surface area contributed by atoms with Crippen molar-refractivity contribution in [2.75, 3.05) is 26.2 Å². The van der Waals surface area contributed by atoms with E-state index in [1.165, 1.54) is 6.92 Å². The van der Waals surface area contributed by atoms with E-state index in [2.05, 4.69) is 10.2 Å². The highest BCUT2D eigenvalue weighted by Crippen LogP contribution is 2.24. The van der Waals surface area contributed by atoms with Crippen molar-refractivity contribution in [1.82, 2.24) is 10.2 Å². The maximum absolute atomic E-state index is 12.9. The molecule has 5 heteroatoms. The highest BCUT2D eigenvalue weighted by Gasteiger charge is 2.26. The summed E-state index contributed by atoms with van der Waals surface area (Å²) in [5, 5.41) is 2.82. The van der Waals surface area contributed by atoms with E-state index in [-0.39, 0.29) is 17.6 Å². The Morgan fingerprint density at radius 3 is 2.48 bits per heavy atom. The SMILES string of the molecule is CC(=O)NCCN1CCCC(C(=O)c2ccc(Oc3ccccc3)cc2)C1. The van der Waals surface area contributed by atoms with Crippen LogP contribution in [-0.4, -0.2) is 42.8 Å². The summed E-state index contributed by atoms with van der Waals surface area (Å²) in [5.74, 6) is 1.68. The molecule has 5 nitrogen and oxygen atoms in total. The van der Waals surface area contributed by atoms with Crippen LogP contribution in [0.25, 0.3) is 0 Å². The fourth-order valence-corrected chi connectivity index (χ4v) is 3.41. The molecule has 1 saturated heterocycles. The molecule has 27 heavy (non-hydrogen) atoms. The van der Waals surface area contributed by atoms with E-state index >= 15 is 0 Å². The fraction of sp³-hybridized carbons (Fsp3) is 0.364. The molecule has 1 aliphatic rings. The molecule has 0 aromatic heterocycles. The number of piperidine rings is 1. The van der Waals surface area contributed by atoms with Gasteiger partial charge in [-0.15, -0.1) is 0 Å². The number of rotatable bonds is 7. The minimum Gasteiger partial charge on any atom is -0.457 e. The van der Waals surface area contributed by atoms with Gasteiger partial charge in [0, 0.05) is 38.0 Å². The smallest absolute Gasteiger partial charge is 0.216 e. The van der Waals surface area contributed by atoms with Crippen molar-refractivity contribution in [2.24, 2.45) is 5.92 Å². The Morgan fingerprint density at radius 1 is 1.07 bits per heavy atom. The van der Waals surface area contributed by atoms with Gasteiger partial charge in [0.25, 0.3) is 0 Å². The van der Waals surface area contributed by atoms with E-state index in [9.17, 15) is 9.59 Å². The summed E-state index contributed by atoms with van der Waals surface area (Å²) in [6.45, 7) is 4.66. The number of para-hydroxylation sites is 1. The quantitative estimate of drug-likeness (QED) is 0.762. The lowest BCUT2D eigenvalue weighted by Crippen LogP contribution is -2.42. The van der Waals surface area contributed by atoms with Gasteiger partial charge in [0.15, 0.2) is 5.78 Å². The summed E-state index contributed by atoms with van der Waals surface area (Å²) in [5.41, 5.74) is 0.726. The van der Waals surface area contributed by atoms with Crippen LogP contribution in [0.2, 0.25) is 0 Å². The first-order chi connectivity index (χ1) is 13.1. The summed E-state index contributed by atoms with van der Waals surface area (Å²) in [6, 6.07) is 17.0. The Balaban J connectivity index is 1.55. The van der Waals surface area contributed by atoms with Crippen molar-refractivity contribution in [3.63, 3.8) is 0 Å². The van der Waals surface area contributed by atoms with Gasteiger partial charge in [-0.2, -0.15) is 0 Å². The third kappa shape index (κ3) is 5.66. The Labute approximate surface area is 160 Å². The topological polar surface area (TPSA) is 58.6 Å². The second kappa shape index (κ2) is 9.33. The van der Waals surface area contributed by atoms with Gasteiger partial charge < -0.3 is 15.0 Å². The minimum absolute atomic E-state index is 0.0111. The minimum atomic E-state index is -0.0163. The Bertz CT molecular complexity index is 759. The molecule has 0 aliphatic carbocycles. The fourth-order valence-electron chi connectivity index (χ4n) is 3.41. The van der Waals surface area contributed by atoms with Crippen LogP contribution in [0.5, 0.6) is 11.5 Å². The van der Waals surface area contributed by atoms with Gasteiger partial charge in [0.2, 0.25) is 5.91 Å². The van der Waals surface area contributed by atoms with Crippen LogP contribution in [0.3, 0.4) is 0 Å². The molecule has 0 spiro atoms. The number of benzene rings is 2. The van der Waals surface area contributed by atoms with Gasteiger partial charge >= 0.3 is 0 Å². The van der Waals surface area contributed by atoms with Crippen LogP contribution < -0.4 is 10.1 Å². The molecule has 1 N–H and O–H groups in total. The molecule has 3 rings (SSSR count). The average Bonchev–Trinajstić information content (AvgIpc) is 2.69. The highest BCUT2D eigenvalue weighted by molar-refractivity contribution is 5.98. The van der Waals surface area contributed by atoms with E-state index in [1.807, 2.05) is 54.6 Å². The maximum Gasteiger partial charge on any atom is 0.216 e. The molecule has 1 amide bonds.